The smallest absolute Gasteiger partial charge is 0.262 e. The number of ether oxygens (including phenoxy) is 1. The zero-order valence-corrected chi connectivity index (χ0v) is 20.5. The van der Waals surface area contributed by atoms with Crippen LogP contribution in [0.2, 0.25) is 10.0 Å². The zero-order valence-electron chi connectivity index (χ0n) is 18.1. The Labute approximate surface area is 213 Å². The maximum absolute atomic E-state index is 13.2. The van der Waals surface area contributed by atoms with Crippen molar-refractivity contribution in [3.63, 3.8) is 0 Å². The first-order chi connectivity index (χ1) is 16.4. The summed E-state index contributed by atoms with van der Waals surface area (Å²) in [6, 6.07) is 18.8. The summed E-state index contributed by atoms with van der Waals surface area (Å²) >= 11 is 17.5. The fraction of sp³-hybridized carbons (Fsp3) is 0.200. The van der Waals surface area contributed by atoms with E-state index in [1.165, 1.54) is 12.1 Å². The monoisotopic (exact) mass is 517 g/mol. The molecule has 3 aromatic rings. The Bertz CT molecular complexity index is 1170. The van der Waals surface area contributed by atoms with Gasteiger partial charge in [0.2, 0.25) is 0 Å². The molecular formula is C25H22Cl2FN3O2S. The minimum Gasteiger partial charge on any atom is -0.484 e. The van der Waals surface area contributed by atoms with Crippen LogP contribution in [-0.2, 0) is 4.79 Å². The van der Waals surface area contributed by atoms with Gasteiger partial charge in [0.05, 0.1) is 10.0 Å². The first kappa shape index (κ1) is 24.3. The Balaban J connectivity index is 1.26. The number of nitrogens with zero attached hydrogens (tertiary/aromatic N) is 2. The van der Waals surface area contributed by atoms with Gasteiger partial charge in [0.1, 0.15) is 16.6 Å². The number of halogens is 3. The molecule has 0 spiro atoms. The Hall–Kier alpha value is -2.87. The van der Waals surface area contributed by atoms with Crippen molar-refractivity contribution in [2.24, 2.45) is 0 Å². The van der Waals surface area contributed by atoms with Gasteiger partial charge in [-0.1, -0.05) is 35.4 Å². The van der Waals surface area contributed by atoms with E-state index in [2.05, 4.69) is 15.1 Å². The molecule has 1 fully saturated rings. The Kier molecular flexibility index (Phi) is 7.88. The number of thiocarbonyl (C=S) groups is 1. The van der Waals surface area contributed by atoms with Gasteiger partial charge in [0, 0.05) is 43.1 Å². The number of benzene rings is 3. The van der Waals surface area contributed by atoms with E-state index in [-0.39, 0.29) is 18.3 Å². The van der Waals surface area contributed by atoms with Crippen LogP contribution in [0.15, 0.2) is 66.7 Å². The number of piperazine rings is 1. The average molecular weight is 518 g/mol. The summed E-state index contributed by atoms with van der Waals surface area (Å²) in [5, 5.41) is 3.50. The predicted molar refractivity (Wildman–Crippen MR) is 139 cm³/mol. The van der Waals surface area contributed by atoms with Crippen LogP contribution in [0.1, 0.15) is 5.56 Å². The maximum atomic E-state index is 13.2. The molecule has 34 heavy (non-hydrogen) atoms. The van der Waals surface area contributed by atoms with Crippen molar-refractivity contribution >= 4 is 57.7 Å². The Morgan fingerprint density at radius 3 is 2.26 bits per heavy atom. The fourth-order valence-electron chi connectivity index (χ4n) is 3.62. The molecule has 5 nitrogen and oxygen atoms in total. The van der Waals surface area contributed by atoms with Crippen molar-refractivity contribution in [2.75, 3.05) is 43.0 Å². The minimum atomic E-state index is -0.308. The third kappa shape index (κ3) is 6.17. The van der Waals surface area contributed by atoms with Crippen molar-refractivity contribution in [1.82, 2.24) is 4.90 Å². The third-order valence-electron chi connectivity index (χ3n) is 5.43. The molecule has 1 heterocycles. The molecule has 9 heteroatoms. The van der Waals surface area contributed by atoms with Crippen molar-refractivity contribution in [3.05, 3.63) is 88.2 Å². The molecular weight excluding hydrogens is 496 g/mol. The molecule has 1 amide bonds. The lowest BCUT2D eigenvalue weighted by Gasteiger charge is -2.37. The second-order valence-corrected chi connectivity index (χ2v) is 8.95. The first-order valence-corrected chi connectivity index (χ1v) is 11.8. The van der Waals surface area contributed by atoms with E-state index >= 15 is 0 Å². The van der Waals surface area contributed by atoms with Crippen molar-refractivity contribution in [3.8, 4) is 5.75 Å². The first-order valence-electron chi connectivity index (χ1n) is 10.7. The van der Waals surface area contributed by atoms with Gasteiger partial charge in [-0.2, -0.15) is 0 Å². The number of hydrogen-bond donors (Lipinski definition) is 1. The lowest BCUT2D eigenvalue weighted by molar-refractivity contribution is -0.118. The van der Waals surface area contributed by atoms with E-state index in [1.54, 1.807) is 42.5 Å². The molecule has 0 saturated carbocycles. The largest absolute Gasteiger partial charge is 0.484 e. The summed E-state index contributed by atoms with van der Waals surface area (Å²) in [7, 11) is 0. The summed E-state index contributed by atoms with van der Waals surface area (Å²) in [5.41, 5.74) is 2.47. The van der Waals surface area contributed by atoms with E-state index in [0.29, 0.717) is 21.5 Å². The van der Waals surface area contributed by atoms with Crippen LogP contribution in [0.25, 0.3) is 0 Å². The Morgan fingerprint density at radius 1 is 0.941 bits per heavy atom. The Morgan fingerprint density at radius 2 is 1.62 bits per heavy atom. The summed E-state index contributed by atoms with van der Waals surface area (Å²) < 4.78 is 18.7. The summed E-state index contributed by atoms with van der Waals surface area (Å²) in [6.07, 6.45) is 0. The lowest BCUT2D eigenvalue weighted by atomic mass is 10.1. The number of hydrogen-bond acceptors (Lipinski definition) is 4. The van der Waals surface area contributed by atoms with Gasteiger partial charge in [-0.05, 0) is 66.7 Å². The standard InChI is InChI=1S/C25H22Cl2FN3O2S/c26-22-10-5-19(15-23(22)27)29-24(32)16-33-21-8-1-17(2-9-21)25(34)31-13-11-30(12-14-31)20-6-3-18(28)4-7-20/h1-10,15H,11-14,16H2,(H,29,32). The SMILES string of the molecule is O=C(COc1ccc(C(=S)N2CCN(c3ccc(F)cc3)CC2)cc1)Nc1ccc(Cl)c(Cl)c1. The van der Waals surface area contributed by atoms with Gasteiger partial charge in [0.25, 0.3) is 5.91 Å². The molecule has 1 aliphatic rings. The lowest BCUT2D eigenvalue weighted by Crippen LogP contribution is -2.48. The van der Waals surface area contributed by atoms with E-state index < -0.39 is 0 Å². The van der Waals surface area contributed by atoms with Crippen LogP contribution in [0.5, 0.6) is 5.75 Å². The van der Waals surface area contributed by atoms with E-state index in [1.807, 2.05) is 12.1 Å². The van der Waals surface area contributed by atoms with Gasteiger partial charge in [-0.3, -0.25) is 4.79 Å². The number of amides is 1. The summed E-state index contributed by atoms with van der Waals surface area (Å²) in [6.45, 7) is 3.03. The number of carbonyl (C=O) groups excluding carboxylic acids is 1. The molecule has 176 valence electrons. The van der Waals surface area contributed by atoms with Crippen molar-refractivity contribution < 1.29 is 13.9 Å². The van der Waals surface area contributed by atoms with Crippen LogP contribution < -0.4 is 15.0 Å². The molecule has 0 unspecified atom stereocenters. The molecule has 3 aromatic carbocycles. The van der Waals surface area contributed by atoms with Crippen LogP contribution in [-0.4, -0.2) is 48.6 Å². The van der Waals surface area contributed by atoms with Gasteiger partial charge < -0.3 is 19.9 Å². The van der Waals surface area contributed by atoms with Crippen LogP contribution in [0, 0.1) is 5.82 Å². The molecule has 0 aromatic heterocycles. The molecule has 4 rings (SSSR count). The third-order valence-corrected chi connectivity index (χ3v) is 6.67. The predicted octanol–water partition coefficient (Wildman–Crippen LogP) is 5.65. The molecule has 1 aliphatic heterocycles. The molecule has 1 saturated heterocycles. The second-order valence-electron chi connectivity index (χ2n) is 7.75. The number of nitrogens with one attached hydrogen (secondary N) is 1. The zero-order chi connectivity index (χ0) is 24.1. The molecule has 1 N–H and O–H groups in total. The number of anilines is 2. The average Bonchev–Trinajstić information content (AvgIpc) is 2.85. The second kappa shape index (κ2) is 11.0. The molecule has 0 radical (unpaired) electrons. The van der Waals surface area contributed by atoms with Gasteiger partial charge in [-0.15, -0.1) is 0 Å². The highest BCUT2D eigenvalue weighted by Gasteiger charge is 2.20. The topological polar surface area (TPSA) is 44.8 Å². The number of rotatable bonds is 6. The minimum absolute atomic E-state index is 0.143. The highest BCUT2D eigenvalue weighted by Crippen LogP contribution is 2.25. The molecule has 0 aliphatic carbocycles. The van der Waals surface area contributed by atoms with Gasteiger partial charge >= 0.3 is 0 Å². The van der Waals surface area contributed by atoms with Crippen molar-refractivity contribution in [2.45, 2.75) is 0 Å². The molecule has 0 bridgehead atoms. The highest BCUT2D eigenvalue weighted by molar-refractivity contribution is 7.80. The van der Waals surface area contributed by atoms with Gasteiger partial charge in [0.15, 0.2) is 6.61 Å². The van der Waals surface area contributed by atoms with Gasteiger partial charge in [-0.25, -0.2) is 4.39 Å². The van der Waals surface area contributed by atoms with Crippen LogP contribution in [0.4, 0.5) is 15.8 Å². The van der Waals surface area contributed by atoms with Crippen molar-refractivity contribution in [1.29, 1.82) is 0 Å². The van der Waals surface area contributed by atoms with E-state index in [4.69, 9.17) is 40.2 Å². The van der Waals surface area contributed by atoms with Crippen LogP contribution >= 0.6 is 35.4 Å². The van der Waals surface area contributed by atoms with E-state index in [9.17, 15) is 9.18 Å². The highest BCUT2D eigenvalue weighted by atomic mass is 35.5. The van der Waals surface area contributed by atoms with Crippen LogP contribution in [0.3, 0.4) is 0 Å². The maximum Gasteiger partial charge on any atom is 0.262 e. The fourth-order valence-corrected chi connectivity index (χ4v) is 4.23. The normalized spacial score (nSPS) is 13.5. The molecule has 0 atom stereocenters. The summed E-state index contributed by atoms with van der Waals surface area (Å²) in [5.74, 6) is 0.0251. The number of carbonyl (C=O) groups is 1. The quantitative estimate of drug-likeness (QED) is 0.428. The van der Waals surface area contributed by atoms with E-state index in [0.717, 1.165) is 42.4 Å². The summed E-state index contributed by atoms with van der Waals surface area (Å²) in [4.78, 5) is 17.3.